The van der Waals surface area contributed by atoms with Crippen molar-refractivity contribution in [1.82, 2.24) is 4.90 Å². The molecule has 3 aliphatic rings. The minimum Gasteiger partial charge on any atom is -0.358 e. The van der Waals surface area contributed by atoms with Crippen LogP contribution in [-0.4, -0.2) is 18.1 Å². The van der Waals surface area contributed by atoms with E-state index in [9.17, 15) is 0 Å². The zero-order valence-electron chi connectivity index (χ0n) is 12.4. The number of anilines is 1. The summed E-state index contributed by atoms with van der Waals surface area (Å²) in [5, 5.41) is 0. The van der Waals surface area contributed by atoms with Crippen LogP contribution in [0.15, 0.2) is 48.8 Å². The van der Waals surface area contributed by atoms with E-state index in [-0.39, 0.29) is 0 Å². The third-order valence-corrected chi connectivity index (χ3v) is 5.32. The molecule has 1 aliphatic carbocycles. The number of rotatable bonds is 0. The summed E-state index contributed by atoms with van der Waals surface area (Å²) < 4.78 is 0. The van der Waals surface area contributed by atoms with Gasteiger partial charge in [0.05, 0.1) is 0 Å². The van der Waals surface area contributed by atoms with Crippen molar-refractivity contribution in [2.75, 3.05) is 11.9 Å². The van der Waals surface area contributed by atoms with Crippen LogP contribution >= 0.6 is 0 Å². The van der Waals surface area contributed by atoms with Gasteiger partial charge in [-0.25, -0.2) is 0 Å². The predicted molar refractivity (Wildman–Crippen MR) is 86.3 cm³/mol. The van der Waals surface area contributed by atoms with E-state index >= 15 is 0 Å². The average molecular weight is 274 g/mol. The molecule has 0 aromatic heterocycles. The van der Waals surface area contributed by atoms with Crippen molar-refractivity contribution in [3.05, 3.63) is 65.5 Å². The molecular formula is C19H18N2. The Morgan fingerprint density at radius 3 is 2.76 bits per heavy atom. The van der Waals surface area contributed by atoms with Gasteiger partial charge in [-0.15, -0.1) is 0 Å². The molecule has 0 spiro atoms. The lowest BCUT2D eigenvalue weighted by atomic mass is 9.95. The van der Waals surface area contributed by atoms with E-state index in [0.29, 0.717) is 12.1 Å². The highest BCUT2D eigenvalue weighted by Gasteiger charge is 2.40. The Bertz CT molecular complexity index is 790. The second kappa shape index (κ2) is 3.70. The molecular weight excluding hydrogens is 256 g/mol. The first-order chi connectivity index (χ1) is 10.2. The third-order valence-electron chi connectivity index (χ3n) is 5.32. The van der Waals surface area contributed by atoms with Gasteiger partial charge in [-0.05, 0) is 46.4 Å². The summed E-state index contributed by atoms with van der Waals surface area (Å²) in [4.78, 5) is 4.76. The highest BCUT2D eigenvalue weighted by Crippen LogP contribution is 2.49. The smallest absolute Gasteiger partial charge is 0.112 e. The molecule has 0 N–H and O–H groups in total. The average Bonchev–Trinajstić information content (AvgIpc) is 3.12. The van der Waals surface area contributed by atoms with Crippen molar-refractivity contribution in [2.24, 2.45) is 0 Å². The van der Waals surface area contributed by atoms with Crippen LogP contribution < -0.4 is 4.90 Å². The van der Waals surface area contributed by atoms with E-state index in [2.05, 4.69) is 72.6 Å². The first-order valence-electron chi connectivity index (χ1n) is 7.68. The maximum absolute atomic E-state index is 2.45. The normalized spacial score (nSPS) is 24.1. The Morgan fingerprint density at radius 1 is 1.00 bits per heavy atom. The molecule has 0 amide bonds. The van der Waals surface area contributed by atoms with E-state index < -0.39 is 0 Å². The fraction of sp³-hybridized carbons (Fsp3) is 0.263. The minimum absolute atomic E-state index is 0.456. The van der Waals surface area contributed by atoms with Crippen molar-refractivity contribution in [3.8, 4) is 11.1 Å². The molecule has 2 heterocycles. The second-order valence-electron chi connectivity index (χ2n) is 6.48. The number of fused-ring (bicyclic) bond motifs is 6. The Kier molecular flexibility index (Phi) is 2.02. The van der Waals surface area contributed by atoms with Crippen molar-refractivity contribution in [2.45, 2.75) is 25.4 Å². The Balaban J connectivity index is 1.71. The first kappa shape index (κ1) is 11.4. The maximum atomic E-state index is 2.45. The predicted octanol–water partition coefficient (Wildman–Crippen LogP) is 3.92. The van der Waals surface area contributed by atoms with Crippen LogP contribution in [0.1, 0.15) is 29.5 Å². The van der Waals surface area contributed by atoms with Gasteiger partial charge in [0.2, 0.25) is 0 Å². The molecule has 0 radical (unpaired) electrons. The minimum atomic E-state index is 0.456. The van der Waals surface area contributed by atoms with Crippen LogP contribution in [0.25, 0.3) is 11.1 Å². The van der Waals surface area contributed by atoms with Crippen molar-refractivity contribution < 1.29 is 0 Å². The number of nitrogens with zero attached hydrogens (tertiary/aromatic N) is 2. The third kappa shape index (κ3) is 1.33. The molecule has 21 heavy (non-hydrogen) atoms. The fourth-order valence-electron chi connectivity index (χ4n) is 4.30. The van der Waals surface area contributed by atoms with Crippen LogP contribution in [0, 0.1) is 0 Å². The molecule has 2 nitrogen and oxygen atoms in total. The molecule has 0 saturated carbocycles. The molecule has 5 rings (SSSR count). The maximum Gasteiger partial charge on any atom is 0.112 e. The van der Waals surface area contributed by atoms with Gasteiger partial charge in [0.1, 0.15) is 6.17 Å². The highest BCUT2D eigenvalue weighted by atomic mass is 15.4. The van der Waals surface area contributed by atoms with Crippen LogP contribution in [0.3, 0.4) is 0 Å². The quantitative estimate of drug-likeness (QED) is 0.613. The molecule has 2 aromatic rings. The van der Waals surface area contributed by atoms with Gasteiger partial charge < -0.3 is 9.80 Å². The molecule has 0 bridgehead atoms. The lowest BCUT2D eigenvalue weighted by Gasteiger charge is -2.26. The topological polar surface area (TPSA) is 6.48 Å². The van der Waals surface area contributed by atoms with Gasteiger partial charge >= 0.3 is 0 Å². The van der Waals surface area contributed by atoms with Gasteiger partial charge in [0.15, 0.2) is 0 Å². The standard InChI is InChI=1S/C19H18N2/c1-12-16-11-17-14(9-13-5-3-4-6-15(13)17)10-18(16)21-8-7-20(2)19(12)21/h3-8,10-12,19H,9H2,1-2H3. The van der Waals surface area contributed by atoms with Crippen LogP contribution in [0.5, 0.6) is 0 Å². The summed E-state index contributed by atoms with van der Waals surface area (Å²) in [7, 11) is 2.17. The highest BCUT2D eigenvalue weighted by molar-refractivity contribution is 5.82. The van der Waals surface area contributed by atoms with Crippen LogP contribution in [0.4, 0.5) is 5.69 Å². The number of likely N-dealkylation sites (N-methyl/N-ethyl adjacent to an activating group) is 1. The zero-order valence-corrected chi connectivity index (χ0v) is 12.4. The lowest BCUT2D eigenvalue weighted by Crippen LogP contribution is -2.35. The van der Waals surface area contributed by atoms with Gasteiger partial charge in [0, 0.05) is 31.1 Å². The first-order valence-corrected chi connectivity index (χ1v) is 7.68. The summed E-state index contributed by atoms with van der Waals surface area (Å²) in [5.41, 5.74) is 8.72. The van der Waals surface area contributed by atoms with E-state index in [0.717, 1.165) is 6.42 Å². The summed E-state index contributed by atoms with van der Waals surface area (Å²) in [6.45, 7) is 2.35. The van der Waals surface area contributed by atoms with Gasteiger partial charge in [-0.3, -0.25) is 0 Å². The summed E-state index contributed by atoms with van der Waals surface area (Å²) in [6, 6.07) is 13.7. The van der Waals surface area contributed by atoms with Crippen molar-refractivity contribution in [3.63, 3.8) is 0 Å². The lowest BCUT2D eigenvalue weighted by molar-refractivity contribution is 0.333. The summed E-state index contributed by atoms with van der Waals surface area (Å²) in [6.07, 6.45) is 5.94. The van der Waals surface area contributed by atoms with Crippen molar-refractivity contribution >= 4 is 5.69 Å². The number of benzene rings is 2. The molecule has 0 saturated heterocycles. The number of hydrogen-bond acceptors (Lipinski definition) is 2. The Labute approximate surface area is 125 Å². The Morgan fingerprint density at radius 2 is 1.86 bits per heavy atom. The van der Waals surface area contributed by atoms with E-state index in [1.165, 1.54) is 33.5 Å². The van der Waals surface area contributed by atoms with Crippen LogP contribution in [-0.2, 0) is 6.42 Å². The molecule has 104 valence electrons. The monoisotopic (exact) mass is 274 g/mol. The molecule has 2 aliphatic heterocycles. The largest absolute Gasteiger partial charge is 0.358 e. The summed E-state index contributed by atoms with van der Waals surface area (Å²) >= 11 is 0. The molecule has 2 atom stereocenters. The molecule has 2 heteroatoms. The number of hydrogen-bond donors (Lipinski definition) is 0. The van der Waals surface area contributed by atoms with E-state index in [1.807, 2.05) is 0 Å². The molecule has 2 unspecified atom stereocenters. The SMILES string of the molecule is CC1c2cc3c(cc2N2C=CN(C)C12)Cc1ccccc1-3. The molecule has 2 aromatic carbocycles. The van der Waals surface area contributed by atoms with E-state index in [1.54, 1.807) is 0 Å². The summed E-state index contributed by atoms with van der Waals surface area (Å²) in [5.74, 6) is 0.540. The van der Waals surface area contributed by atoms with Gasteiger partial charge in [-0.1, -0.05) is 31.2 Å². The zero-order chi connectivity index (χ0) is 14.1. The van der Waals surface area contributed by atoms with Gasteiger partial charge in [-0.2, -0.15) is 0 Å². The second-order valence-corrected chi connectivity index (χ2v) is 6.48. The van der Waals surface area contributed by atoms with Gasteiger partial charge in [0.25, 0.3) is 0 Å². The van der Waals surface area contributed by atoms with Crippen LogP contribution in [0.2, 0.25) is 0 Å². The Hall–Kier alpha value is -2.22. The van der Waals surface area contributed by atoms with Crippen molar-refractivity contribution in [1.29, 1.82) is 0 Å². The van der Waals surface area contributed by atoms with E-state index in [4.69, 9.17) is 0 Å². The fourth-order valence-corrected chi connectivity index (χ4v) is 4.30. The molecule has 0 fully saturated rings.